The van der Waals surface area contributed by atoms with Crippen molar-refractivity contribution in [3.05, 3.63) is 34.2 Å². The average Bonchev–Trinajstić information content (AvgIpc) is 3.11. The number of nitrogens with one attached hydrogen (secondary N) is 2. The summed E-state index contributed by atoms with van der Waals surface area (Å²) in [5, 5.41) is 7.89. The third-order valence-corrected chi connectivity index (χ3v) is 8.02. The van der Waals surface area contributed by atoms with E-state index in [2.05, 4.69) is 29.2 Å². The van der Waals surface area contributed by atoms with Gasteiger partial charge in [-0.1, -0.05) is 20.8 Å². The highest BCUT2D eigenvalue weighted by Gasteiger charge is 2.32. The Kier molecular flexibility index (Phi) is 7.53. The predicted octanol–water partition coefficient (Wildman–Crippen LogP) is 2.68. The highest BCUT2D eigenvalue weighted by atomic mass is 32.2. The van der Waals surface area contributed by atoms with Crippen molar-refractivity contribution >= 4 is 21.1 Å². The standard InChI is InChI=1S/C25H36N6O4S/c1-7-10-35-21-9-8-18(36(33,34)31-13-16(4)26-17(5)14-31)12-19(21)24-27-22-20(11-15(2)3)29-30(6)23(22)25(32)28-24/h8-9,12,15-17,26H,7,10-11,13-14H2,1-6H3,(H,27,28,32). The number of hydrogen-bond donors (Lipinski definition) is 2. The van der Waals surface area contributed by atoms with Crippen molar-refractivity contribution in [2.45, 2.75) is 64.4 Å². The Balaban J connectivity index is 1.86. The molecule has 2 unspecified atom stereocenters. The normalized spacial score (nSPS) is 19.3. The number of nitrogens with zero attached hydrogens (tertiary/aromatic N) is 4. The third-order valence-electron chi connectivity index (χ3n) is 6.19. The summed E-state index contributed by atoms with van der Waals surface area (Å²) in [6.07, 6.45) is 1.44. The van der Waals surface area contributed by atoms with Crippen LogP contribution in [0.4, 0.5) is 0 Å². The van der Waals surface area contributed by atoms with E-state index in [4.69, 9.17) is 9.72 Å². The van der Waals surface area contributed by atoms with Gasteiger partial charge in [0.1, 0.15) is 17.1 Å². The summed E-state index contributed by atoms with van der Waals surface area (Å²) in [7, 11) is -2.04. The van der Waals surface area contributed by atoms with Crippen molar-refractivity contribution in [3.8, 4) is 17.1 Å². The van der Waals surface area contributed by atoms with E-state index < -0.39 is 10.0 Å². The summed E-state index contributed by atoms with van der Waals surface area (Å²) in [6.45, 7) is 11.3. The second kappa shape index (κ2) is 10.3. The zero-order valence-corrected chi connectivity index (χ0v) is 22.6. The second-order valence-corrected chi connectivity index (χ2v) is 12.0. The first kappa shape index (κ1) is 26.3. The molecule has 2 atom stereocenters. The van der Waals surface area contributed by atoms with Crippen molar-refractivity contribution in [2.75, 3.05) is 19.7 Å². The zero-order valence-electron chi connectivity index (χ0n) is 21.8. The summed E-state index contributed by atoms with van der Waals surface area (Å²) in [5.41, 5.74) is 1.74. The summed E-state index contributed by atoms with van der Waals surface area (Å²) in [5.74, 6) is 1.05. The number of aryl methyl sites for hydroxylation is 1. The molecule has 0 aliphatic carbocycles. The Labute approximate surface area is 212 Å². The minimum absolute atomic E-state index is 0.0422. The Morgan fingerprint density at radius 1 is 1.19 bits per heavy atom. The van der Waals surface area contributed by atoms with Crippen molar-refractivity contribution in [1.29, 1.82) is 0 Å². The quantitative estimate of drug-likeness (QED) is 0.472. The van der Waals surface area contributed by atoms with Gasteiger partial charge >= 0.3 is 0 Å². The largest absolute Gasteiger partial charge is 0.493 e. The van der Waals surface area contributed by atoms with Crippen LogP contribution in [0.25, 0.3) is 22.4 Å². The highest BCUT2D eigenvalue weighted by molar-refractivity contribution is 7.89. The molecule has 3 heterocycles. The number of sulfonamides is 1. The van der Waals surface area contributed by atoms with Crippen LogP contribution in [-0.4, -0.2) is 64.3 Å². The van der Waals surface area contributed by atoms with Gasteiger partial charge in [-0.15, -0.1) is 0 Å². The van der Waals surface area contributed by atoms with E-state index in [-0.39, 0.29) is 28.4 Å². The summed E-state index contributed by atoms with van der Waals surface area (Å²) in [6, 6.07) is 4.85. The second-order valence-electron chi connectivity index (χ2n) is 10.1. The maximum absolute atomic E-state index is 13.6. The molecule has 36 heavy (non-hydrogen) atoms. The van der Waals surface area contributed by atoms with E-state index in [1.807, 2.05) is 20.8 Å². The van der Waals surface area contributed by atoms with Crippen molar-refractivity contribution in [1.82, 2.24) is 29.4 Å². The summed E-state index contributed by atoms with van der Waals surface area (Å²) >= 11 is 0. The lowest BCUT2D eigenvalue weighted by Crippen LogP contribution is -2.55. The molecule has 0 radical (unpaired) electrons. The molecule has 1 aliphatic rings. The van der Waals surface area contributed by atoms with Gasteiger partial charge in [0, 0.05) is 32.2 Å². The topological polar surface area (TPSA) is 122 Å². The van der Waals surface area contributed by atoms with Crippen LogP contribution in [-0.2, 0) is 23.5 Å². The number of hydrogen-bond acceptors (Lipinski definition) is 7. The van der Waals surface area contributed by atoms with Crippen LogP contribution in [0.1, 0.15) is 46.7 Å². The smallest absolute Gasteiger partial charge is 0.277 e. The number of fused-ring (bicyclic) bond motifs is 1. The monoisotopic (exact) mass is 516 g/mol. The van der Waals surface area contributed by atoms with Crippen LogP contribution in [0, 0.1) is 5.92 Å². The van der Waals surface area contributed by atoms with Crippen LogP contribution in [0.3, 0.4) is 0 Å². The molecule has 2 N–H and O–H groups in total. The van der Waals surface area contributed by atoms with Gasteiger partial charge in [0.05, 0.1) is 22.8 Å². The van der Waals surface area contributed by atoms with Gasteiger partial charge in [-0.2, -0.15) is 9.40 Å². The van der Waals surface area contributed by atoms with Gasteiger partial charge in [0.15, 0.2) is 5.52 Å². The summed E-state index contributed by atoms with van der Waals surface area (Å²) in [4.78, 5) is 20.8. The highest BCUT2D eigenvalue weighted by Crippen LogP contribution is 2.32. The number of benzene rings is 1. The van der Waals surface area contributed by atoms with Gasteiger partial charge < -0.3 is 15.0 Å². The number of piperazine rings is 1. The molecule has 1 aliphatic heterocycles. The fraction of sp³-hybridized carbons (Fsp3) is 0.560. The number of rotatable bonds is 8. The third kappa shape index (κ3) is 5.18. The molecule has 1 fully saturated rings. The average molecular weight is 517 g/mol. The molecule has 0 spiro atoms. The minimum atomic E-state index is -3.77. The van der Waals surface area contributed by atoms with Gasteiger partial charge in [-0.3, -0.25) is 9.48 Å². The van der Waals surface area contributed by atoms with E-state index in [1.54, 1.807) is 29.9 Å². The fourth-order valence-electron chi connectivity index (χ4n) is 4.71. The Bertz CT molecular complexity index is 1400. The van der Waals surface area contributed by atoms with Gasteiger partial charge in [0.25, 0.3) is 5.56 Å². The SMILES string of the molecule is CCCOc1ccc(S(=O)(=O)N2CC(C)NC(C)C2)cc1-c1nc2c(CC(C)C)nn(C)c2c(=O)[nH]1. The van der Waals surface area contributed by atoms with E-state index in [1.165, 1.54) is 4.31 Å². The molecule has 0 bridgehead atoms. The first-order valence-electron chi connectivity index (χ1n) is 12.5. The molecule has 196 valence electrons. The first-order chi connectivity index (χ1) is 17.0. The predicted molar refractivity (Wildman–Crippen MR) is 140 cm³/mol. The molecule has 3 aromatic rings. The molecule has 4 rings (SSSR count). The van der Waals surface area contributed by atoms with Crippen LogP contribution in [0.15, 0.2) is 27.9 Å². The molecule has 2 aromatic heterocycles. The van der Waals surface area contributed by atoms with E-state index in [9.17, 15) is 13.2 Å². The van der Waals surface area contributed by atoms with E-state index >= 15 is 0 Å². The summed E-state index contributed by atoms with van der Waals surface area (Å²) < 4.78 is 36.2. The van der Waals surface area contributed by atoms with Gasteiger partial charge in [0.2, 0.25) is 10.0 Å². The molecule has 11 heteroatoms. The van der Waals surface area contributed by atoms with Crippen LogP contribution >= 0.6 is 0 Å². The van der Waals surface area contributed by atoms with Crippen molar-refractivity contribution < 1.29 is 13.2 Å². The fourth-order valence-corrected chi connectivity index (χ4v) is 6.36. The number of aromatic nitrogens is 4. The van der Waals surface area contributed by atoms with Gasteiger partial charge in [-0.05, 0) is 50.8 Å². The molecule has 1 saturated heterocycles. The van der Waals surface area contributed by atoms with Crippen molar-refractivity contribution in [2.24, 2.45) is 13.0 Å². The maximum Gasteiger partial charge on any atom is 0.277 e. The molecule has 0 amide bonds. The van der Waals surface area contributed by atoms with Crippen LogP contribution in [0.2, 0.25) is 0 Å². The molecule has 1 aromatic carbocycles. The minimum Gasteiger partial charge on any atom is -0.493 e. The number of aromatic amines is 1. The number of H-pyrrole nitrogens is 1. The Morgan fingerprint density at radius 2 is 1.89 bits per heavy atom. The molecular formula is C25H36N6O4S. The lowest BCUT2D eigenvalue weighted by molar-refractivity contribution is 0.263. The lowest BCUT2D eigenvalue weighted by atomic mass is 10.1. The van der Waals surface area contributed by atoms with Crippen molar-refractivity contribution in [3.63, 3.8) is 0 Å². The van der Waals surface area contributed by atoms with E-state index in [0.717, 1.165) is 12.1 Å². The van der Waals surface area contributed by atoms with E-state index in [0.29, 0.717) is 54.4 Å². The number of ether oxygens (including phenoxy) is 1. The molecule has 10 nitrogen and oxygen atoms in total. The molecule has 0 saturated carbocycles. The lowest BCUT2D eigenvalue weighted by Gasteiger charge is -2.35. The molecular weight excluding hydrogens is 480 g/mol. The van der Waals surface area contributed by atoms with Crippen LogP contribution in [0.5, 0.6) is 5.75 Å². The van der Waals surface area contributed by atoms with Gasteiger partial charge in [-0.25, -0.2) is 13.4 Å². The van der Waals surface area contributed by atoms with Crippen LogP contribution < -0.4 is 15.6 Å². The Hall–Kier alpha value is -2.76. The zero-order chi connectivity index (χ0) is 26.2. The first-order valence-corrected chi connectivity index (χ1v) is 13.9. The Morgan fingerprint density at radius 3 is 2.53 bits per heavy atom. The maximum atomic E-state index is 13.6.